The van der Waals surface area contributed by atoms with Gasteiger partial charge in [0.2, 0.25) is 11.8 Å². The van der Waals surface area contributed by atoms with E-state index in [1.807, 2.05) is 32.0 Å². The lowest BCUT2D eigenvalue weighted by atomic mass is 10.0. The van der Waals surface area contributed by atoms with Crippen LogP contribution in [0.15, 0.2) is 18.2 Å². The average Bonchev–Trinajstić information content (AvgIpc) is 2.52. The first-order valence-corrected chi connectivity index (χ1v) is 8.34. The van der Waals surface area contributed by atoms with Gasteiger partial charge in [0.15, 0.2) is 0 Å². The third kappa shape index (κ3) is 5.06. The number of carbonyl (C=O) groups is 2. The Balaban J connectivity index is 1.77. The number of amides is 2. The van der Waals surface area contributed by atoms with Crippen molar-refractivity contribution in [2.45, 2.75) is 46.1 Å². The van der Waals surface area contributed by atoms with Crippen LogP contribution >= 0.6 is 0 Å². The van der Waals surface area contributed by atoms with E-state index in [1.165, 1.54) is 6.42 Å². The number of hydrogen-bond donors (Lipinski definition) is 2. The Morgan fingerprint density at radius 3 is 2.74 bits per heavy atom. The molecular formula is C18H27N3O2. The molecular weight excluding hydrogens is 290 g/mol. The zero-order chi connectivity index (χ0) is 16.8. The van der Waals surface area contributed by atoms with Gasteiger partial charge < -0.3 is 10.6 Å². The average molecular weight is 317 g/mol. The van der Waals surface area contributed by atoms with Crippen molar-refractivity contribution in [3.05, 3.63) is 29.3 Å². The molecule has 1 saturated heterocycles. The number of piperidine rings is 1. The quantitative estimate of drug-likeness (QED) is 0.875. The number of aryl methyl sites for hydroxylation is 1. The fourth-order valence-corrected chi connectivity index (χ4v) is 2.89. The first kappa shape index (κ1) is 17.5. The Hall–Kier alpha value is -1.88. The summed E-state index contributed by atoms with van der Waals surface area (Å²) in [5, 5.41) is 5.56. The summed E-state index contributed by atoms with van der Waals surface area (Å²) in [6, 6.07) is 6.23. The summed E-state index contributed by atoms with van der Waals surface area (Å²) in [7, 11) is 0. The van der Waals surface area contributed by atoms with Gasteiger partial charge in [0.1, 0.15) is 0 Å². The van der Waals surface area contributed by atoms with Crippen LogP contribution in [-0.4, -0.2) is 42.4 Å². The summed E-state index contributed by atoms with van der Waals surface area (Å²) in [6.45, 7) is 7.48. The van der Waals surface area contributed by atoms with Gasteiger partial charge in [-0.3, -0.25) is 14.5 Å². The van der Waals surface area contributed by atoms with E-state index in [9.17, 15) is 9.59 Å². The Bertz CT molecular complexity index is 571. The minimum atomic E-state index is -0.196. The van der Waals surface area contributed by atoms with Crippen LogP contribution in [-0.2, 0) is 9.59 Å². The summed E-state index contributed by atoms with van der Waals surface area (Å²) in [6.07, 6.45) is 3.52. The van der Waals surface area contributed by atoms with E-state index in [1.54, 1.807) is 0 Å². The van der Waals surface area contributed by atoms with Gasteiger partial charge in [-0.1, -0.05) is 18.6 Å². The molecule has 5 heteroatoms. The summed E-state index contributed by atoms with van der Waals surface area (Å²) in [4.78, 5) is 26.2. The zero-order valence-corrected chi connectivity index (χ0v) is 14.3. The molecule has 1 aromatic rings. The van der Waals surface area contributed by atoms with Crippen molar-refractivity contribution in [3.63, 3.8) is 0 Å². The first-order valence-electron chi connectivity index (χ1n) is 8.34. The summed E-state index contributed by atoms with van der Waals surface area (Å²) < 4.78 is 0. The molecule has 0 aliphatic carbocycles. The van der Waals surface area contributed by atoms with E-state index in [0.717, 1.165) is 36.2 Å². The van der Waals surface area contributed by atoms with Crippen molar-refractivity contribution in [1.82, 2.24) is 10.2 Å². The number of benzene rings is 1. The normalized spacial score (nSPS) is 18.5. The van der Waals surface area contributed by atoms with Gasteiger partial charge >= 0.3 is 0 Å². The fraction of sp³-hybridized carbons (Fsp3) is 0.556. The van der Waals surface area contributed by atoms with Crippen molar-refractivity contribution < 1.29 is 9.59 Å². The van der Waals surface area contributed by atoms with E-state index in [-0.39, 0.29) is 18.4 Å². The molecule has 126 valence electrons. The standard InChI is InChI=1S/C18H27N3O2/c1-13-7-6-9-16(15(13)3)20-17(22)11-19-18(23)12-21-10-5-4-8-14(21)2/h6-7,9,14H,4-5,8,10-12H2,1-3H3,(H,19,23)(H,20,22). The van der Waals surface area contributed by atoms with Gasteiger partial charge in [0.25, 0.3) is 0 Å². The molecule has 2 N–H and O–H groups in total. The van der Waals surface area contributed by atoms with Crippen LogP contribution in [0.5, 0.6) is 0 Å². The SMILES string of the molecule is Cc1cccc(NC(=O)CNC(=O)CN2CCCCC2C)c1C. The van der Waals surface area contributed by atoms with E-state index in [4.69, 9.17) is 0 Å². The molecule has 1 aromatic carbocycles. The number of carbonyl (C=O) groups excluding carboxylic acids is 2. The van der Waals surface area contributed by atoms with Crippen molar-refractivity contribution in [1.29, 1.82) is 0 Å². The number of hydrogen-bond acceptors (Lipinski definition) is 3. The zero-order valence-electron chi connectivity index (χ0n) is 14.3. The second-order valence-corrected chi connectivity index (χ2v) is 6.39. The topological polar surface area (TPSA) is 61.4 Å². The summed E-state index contributed by atoms with van der Waals surface area (Å²) in [5.41, 5.74) is 2.98. The number of nitrogens with zero attached hydrogens (tertiary/aromatic N) is 1. The van der Waals surface area contributed by atoms with Crippen LogP contribution in [0.2, 0.25) is 0 Å². The van der Waals surface area contributed by atoms with Crippen molar-refractivity contribution in [3.8, 4) is 0 Å². The largest absolute Gasteiger partial charge is 0.346 e. The van der Waals surface area contributed by atoms with Crippen LogP contribution in [0.1, 0.15) is 37.3 Å². The maximum atomic E-state index is 12.0. The molecule has 0 spiro atoms. The smallest absolute Gasteiger partial charge is 0.243 e. The monoisotopic (exact) mass is 317 g/mol. The van der Waals surface area contributed by atoms with Crippen molar-refractivity contribution in [2.24, 2.45) is 0 Å². The maximum Gasteiger partial charge on any atom is 0.243 e. The van der Waals surface area contributed by atoms with Gasteiger partial charge in [0.05, 0.1) is 13.1 Å². The Kier molecular flexibility index (Phi) is 6.16. The molecule has 1 fully saturated rings. The number of likely N-dealkylation sites (tertiary alicyclic amines) is 1. The molecule has 1 atom stereocenters. The van der Waals surface area contributed by atoms with Crippen LogP contribution in [0.25, 0.3) is 0 Å². The van der Waals surface area contributed by atoms with Crippen LogP contribution < -0.4 is 10.6 Å². The van der Waals surface area contributed by atoms with Gasteiger partial charge in [-0.15, -0.1) is 0 Å². The highest BCUT2D eigenvalue weighted by Crippen LogP contribution is 2.17. The van der Waals surface area contributed by atoms with Crippen LogP contribution in [0.3, 0.4) is 0 Å². The summed E-state index contributed by atoms with van der Waals surface area (Å²) in [5.74, 6) is -0.284. The van der Waals surface area contributed by atoms with Crippen LogP contribution in [0, 0.1) is 13.8 Å². The Morgan fingerprint density at radius 2 is 2.00 bits per heavy atom. The number of rotatable bonds is 5. The second-order valence-electron chi connectivity index (χ2n) is 6.39. The molecule has 1 aliphatic heterocycles. The van der Waals surface area contributed by atoms with E-state index < -0.39 is 0 Å². The van der Waals surface area contributed by atoms with E-state index in [2.05, 4.69) is 22.5 Å². The second kappa shape index (κ2) is 8.11. The van der Waals surface area contributed by atoms with E-state index in [0.29, 0.717) is 12.6 Å². The molecule has 1 unspecified atom stereocenters. The molecule has 5 nitrogen and oxygen atoms in total. The maximum absolute atomic E-state index is 12.0. The third-order valence-corrected chi connectivity index (χ3v) is 4.61. The number of anilines is 1. The predicted molar refractivity (Wildman–Crippen MR) is 92.4 cm³/mol. The molecule has 0 bridgehead atoms. The Labute approximate surface area is 138 Å². The van der Waals surface area contributed by atoms with Crippen LogP contribution in [0.4, 0.5) is 5.69 Å². The number of nitrogens with one attached hydrogen (secondary N) is 2. The summed E-state index contributed by atoms with van der Waals surface area (Å²) >= 11 is 0. The molecule has 0 aromatic heterocycles. The molecule has 1 aliphatic rings. The van der Waals surface area contributed by atoms with Gasteiger partial charge in [-0.2, -0.15) is 0 Å². The fourth-order valence-electron chi connectivity index (χ4n) is 2.89. The van der Waals surface area contributed by atoms with Gasteiger partial charge in [-0.05, 0) is 57.4 Å². The minimum Gasteiger partial charge on any atom is -0.346 e. The highest BCUT2D eigenvalue weighted by Gasteiger charge is 2.20. The molecule has 1 heterocycles. The lowest BCUT2D eigenvalue weighted by molar-refractivity contribution is -0.125. The third-order valence-electron chi connectivity index (χ3n) is 4.61. The first-order chi connectivity index (χ1) is 11.0. The highest BCUT2D eigenvalue weighted by atomic mass is 16.2. The minimum absolute atomic E-state index is 0.00837. The van der Waals surface area contributed by atoms with Gasteiger partial charge in [0, 0.05) is 11.7 Å². The lowest BCUT2D eigenvalue weighted by Gasteiger charge is -2.32. The highest BCUT2D eigenvalue weighted by molar-refractivity contribution is 5.95. The van der Waals surface area contributed by atoms with Crippen molar-refractivity contribution in [2.75, 3.05) is 25.0 Å². The molecule has 0 radical (unpaired) electrons. The van der Waals surface area contributed by atoms with E-state index >= 15 is 0 Å². The predicted octanol–water partition coefficient (Wildman–Crippen LogP) is 2.23. The van der Waals surface area contributed by atoms with Crippen molar-refractivity contribution >= 4 is 17.5 Å². The molecule has 0 saturated carbocycles. The van der Waals surface area contributed by atoms with Gasteiger partial charge in [-0.25, -0.2) is 0 Å². The molecule has 2 rings (SSSR count). The lowest BCUT2D eigenvalue weighted by Crippen LogP contribution is -2.45. The molecule has 2 amide bonds. The molecule has 23 heavy (non-hydrogen) atoms. The Morgan fingerprint density at radius 1 is 1.22 bits per heavy atom.